The van der Waals surface area contributed by atoms with E-state index in [9.17, 15) is 4.79 Å². The lowest BCUT2D eigenvalue weighted by molar-refractivity contribution is 0.0988. The first-order chi connectivity index (χ1) is 7.10. The Balaban J connectivity index is 3.27. The van der Waals surface area contributed by atoms with Gasteiger partial charge < -0.3 is 4.74 Å². The number of Topliss-reactive ketones (excluding diaryl/α,β-unsaturated/α-hetero) is 1. The smallest absolute Gasteiger partial charge is 0.163 e. The van der Waals surface area contributed by atoms with Crippen LogP contribution in [0.3, 0.4) is 0 Å². The largest absolute Gasteiger partial charge is 0.497 e. The van der Waals surface area contributed by atoms with Crippen molar-refractivity contribution < 1.29 is 9.53 Å². The maximum absolute atomic E-state index is 11.7. The van der Waals surface area contributed by atoms with Crippen molar-refractivity contribution in [3.8, 4) is 5.75 Å². The monoisotopic (exact) mass is 204 g/mol. The van der Waals surface area contributed by atoms with Crippen molar-refractivity contribution >= 4 is 11.4 Å². The van der Waals surface area contributed by atoms with E-state index in [2.05, 4.69) is 6.58 Å². The molecule has 1 aromatic rings. The molecule has 2 heteroatoms. The molecular weight excluding hydrogens is 188 g/mol. The number of allylic oxidation sites excluding steroid dienone is 1. The second kappa shape index (κ2) is 4.78. The molecule has 0 aliphatic rings. The number of benzene rings is 1. The van der Waals surface area contributed by atoms with Crippen molar-refractivity contribution in [3.05, 3.63) is 35.9 Å². The summed E-state index contributed by atoms with van der Waals surface area (Å²) in [5.74, 6) is 0.885. The quantitative estimate of drug-likeness (QED) is 0.703. The van der Waals surface area contributed by atoms with Crippen molar-refractivity contribution in [1.82, 2.24) is 0 Å². The molecule has 0 aliphatic heterocycles. The minimum atomic E-state index is 0.135. The van der Waals surface area contributed by atoms with Gasteiger partial charge in [0.05, 0.1) is 7.11 Å². The number of carbonyl (C=O) groups excluding carboxylic acids is 1. The first-order valence-corrected chi connectivity index (χ1v) is 4.97. The van der Waals surface area contributed by atoms with Crippen LogP contribution in [-0.2, 0) is 0 Å². The van der Waals surface area contributed by atoms with Crippen LogP contribution >= 0.6 is 0 Å². The van der Waals surface area contributed by atoms with E-state index in [0.29, 0.717) is 6.42 Å². The zero-order chi connectivity index (χ0) is 11.4. The van der Waals surface area contributed by atoms with Crippen molar-refractivity contribution in [2.24, 2.45) is 0 Å². The van der Waals surface area contributed by atoms with Gasteiger partial charge in [0.1, 0.15) is 5.75 Å². The molecule has 2 nitrogen and oxygen atoms in total. The fourth-order valence-electron chi connectivity index (χ4n) is 1.44. The number of hydrogen-bond donors (Lipinski definition) is 0. The molecule has 0 amide bonds. The Labute approximate surface area is 90.6 Å². The van der Waals surface area contributed by atoms with Crippen LogP contribution < -0.4 is 4.74 Å². The van der Waals surface area contributed by atoms with Crippen LogP contribution in [0.4, 0.5) is 0 Å². The minimum absolute atomic E-state index is 0.135. The molecule has 0 N–H and O–H groups in total. The van der Waals surface area contributed by atoms with Gasteiger partial charge >= 0.3 is 0 Å². The van der Waals surface area contributed by atoms with E-state index in [4.69, 9.17) is 4.74 Å². The standard InChI is InChI=1S/C13H16O2/c1-5-13(14)11-7-6-10(15-4)8-12(11)9(2)3/h6-8H,2,5H2,1,3-4H3. The molecule has 15 heavy (non-hydrogen) atoms. The number of hydrogen-bond acceptors (Lipinski definition) is 2. The van der Waals surface area contributed by atoms with E-state index < -0.39 is 0 Å². The molecular formula is C13H16O2. The van der Waals surface area contributed by atoms with Crippen LogP contribution in [-0.4, -0.2) is 12.9 Å². The van der Waals surface area contributed by atoms with Crippen molar-refractivity contribution in [2.45, 2.75) is 20.3 Å². The Morgan fingerprint density at radius 3 is 2.53 bits per heavy atom. The summed E-state index contributed by atoms with van der Waals surface area (Å²) in [6.07, 6.45) is 0.507. The third-order valence-corrected chi connectivity index (χ3v) is 2.31. The van der Waals surface area contributed by atoms with Crippen LogP contribution in [0.2, 0.25) is 0 Å². The average Bonchev–Trinajstić information content (AvgIpc) is 2.27. The molecule has 0 saturated carbocycles. The van der Waals surface area contributed by atoms with Gasteiger partial charge in [0, 0.05) is 12.0 Å². The second-order valence-corrected chi connectivity index (χ2v) is 3.47. The molecule has 80 valence electrons. The molecule has 0 bridgehead atoms. The number of rotatable bonds is 4. The summed E-state index contributed by atoms with van der Waals surface area (Å²) in [5.41, 5.74) is 2.48. The first-order valence-electron chi connectivity index (χ1n) is 4.97. The Kier molecular flexibility index (Phi) is 3.67. The van der Waals surface area contributed by atoms with Crippen LogP contribution in [0, 0.1) is 0 Å². The highest BCUT2D eigenvalue weighted by Crippen LogP contribution is 2.24. The Morgan fingerprint density at radius 1 is 1.40 bits per heavy atom. The summed E-state index contributed by atoms with van der Waals surface area (Å²) in [7, 11) is 1.61. The highest BCUT2D eigenvalue weighted by atomic mass is 16.5. The Hall–Kier alpha value is -1.57. The van der Waals surface area contributed by atoms with Gasteiger partial charge in [-0.2, -0.15) is 0 Å². The van der Waals surface area contributed by atoms with E-state index in [1.807, 2.05) is 19.9 Å². The molecule has 0 spiro atoms. The summed E-state index contributed by atoms with van der Waals surface area (Å²) in [6, 6.07) is 5.45. The van der Waals surface area contributed by atoms with Gasteiger partial charge in [-0.15, -0.1) is 0 Å². The van der Waals surface area contributed by atoms with Crippen LogP contribution in [0.25, 0.3) is 5.57 Å². The summed E-state index contributed by atoms with van der Waals surface area (Å²) in [5, 5.41) is 0. The van der Waals surface area contributed by atoms with Gasteiger partial charge in [-0.25, -0.2) is 0 Å². The van der Waals surface area contributed by atoms with Gasteiger partial charge in [0.2, 0.25) is 0 Å². The molecule has 0 unspecified atom stereocenters. The zero-order valence-electron chi connectivity index (χ0n) is 9.46. The maximum atomic E-state index is 11.7. The van der Waals surface area contributed by atoms with Gasteiger partial charge in [-0.1, -0.05) is 19.1 Å². The fraction of sp³-hybridized carbons (Fsp3) is 0.308. The molecule has 0 heterocycles. The average molecular weight is 204 g/mol. The van der Waals surface area contributed by atoms with E-state index in [-0.39, 0.29) is 5.78 Å². The lowest BCUT2D eigenvalue weighted by atomic mass is 9.97. The first kappa shape index (κ1) is 11.5. The Bertz CT molecular complexity index is 392. The van der Waals surface area contributed by atoms with E-state index in [0.717, 1.165) is 22.4 Å². The molecule has 0 fully saturated rings. The lowest BCUT2D eigenvalue weighted by Crippen LogP contribution is -2.01. The molecule has 1 rings (SSSR count). The van der Waals surface area contributed by atoms with Crippen LogP contribution in [0.1, 0.15) is 36.2 Å². The van der Waals surface area contributed by atoms with Crippen molar-refractivity contribution in [1.29, 1.82) is 0 Å². The predicted octanol–water partition coefficient (Wildman–Crippen LogP) is 3.32. The number of carbonyl (C=O) groups is 1. The Morgan fingerprint density at radius 2 is 2.07 bits per heavy atom. The number of methoxy groups -OCH3 is 1. The molecule has 0 aliphatic carbocycles. The van der Waals surface area contributed by atoms with E-state index in [1.165, 1.54) is 0 Å². The molecule has 0 saturated heterocycles. The normalized spacial score (nSPS) is 9.80. The summed E-state index contributed by atoms with van der Waals surface area (Å²) >= 11 is 0. The van der Waals surface area contributed by atoms with Crippen LogP contribution in [0.5, 0.6) is 5.75 Å². The maximum Gasteiger partial charge on any atom is 0.163 e. The van der Waals surface area contributed by atoms with Crippen molar-refractivity contribution in [3.63, 3.8) is 0 Å². The zero-order valence-corrected chi connectivity index (χ0v) is 9.46. The number of ether oxygens (including phenoxy) is 1. The molecule has 1 aromatic carbocycles. The van der Waals surface area contributed by atoms with Gasteiger partial charge in [-0.3, -0.25) is 4.79 Å². The number of ketones is 1. The molecule has 0 aromatic heterocycles. The summed E-state index contributed by atoms with van der Waals surface area (Å²) < 4.78 is 5.12. The fourth-order valence-corrected chi connectivity index (χ4v) is 1.44. The van der Waals surface area contributed by atoms with Gasteiger partial charge in [0.25, 0.3) is 0 Å². The van der Waals surface area contributed by atoms with Gasteiger partial charge in [0.15, 0.2) is 5.78 Å². The van der Waals surface area contributed by atoms with E-state index in [1.54, 1.807) is 19.2 Å². The summed E-state index contributed by atoms with van der Waals surface area (Å²) in [4.78, 5) is 11.7. The third kappa shape index (κ3) is 2.46. The van der Waals surface area contributed by atoms with Crippen LogP contribution in [0.15, 0.2) is 24.8 Å². The van der Waals surface area contributed by atoms with Gasteiger partial charge in [-0.05, 0) is 30.7 Å². The lowest BCUT2D eigenvalue weighted by Gasteiger charge is -2.09. The minimum Gasteiger partial charge on any atom is -0.497 e. The molecule has 0 atom stereocenters. The SMILES string of the molecule is C=C(C)c1cc(OC)ccc1C(=O)CC. The van der Waals surface area contributed by atoms with Crippen molar-refractivity contribution in [2.75, 3.05) is 7.11 Å². The van der Waals surface area contributed by atoms with E-state index >= 15 is 0 Å². The predicted molar refractivity (Wildman–Crippen MR) is 62.3 cm³/mol. The topological polar surface area (TPSA) is 26.3 Å². The second-order valence-electron chi connectivity index (χ2n) is 3.47. The highest BCUT2D eigenvalue weighted by molar-refractivity contribution is 6.00. The highest BCUT2D eigenvalue weighted by Gasteiger charge is 2.10. The summed E-state index contributed by atoms with van der Waals surface area (Å²) in [6.45, 7) is 7.62. The third-order valence-electron chi connectivity index (χ3n) is 2.31. The molecule has 0 radical (unpaired) electrons.